The average Bonchev–Trinajstić information content (AvgIpc) is 3.08. The molecule has 23 heavy (non-hydrogen) atoms. The molecule has 0 aromatic carbocycles. The summed E-state index contributed by atoms with van der Waals surface area (Å²) < 4.78 is 5.63. The number of hydrogen-bond acceptors (Lipinski definition) is 3. The van der Waals surface area contributed by atoms with Crippen LogP contribution in [-0.2, 0) is 4.74 Å². The topological polar surface area (TPSA) is 48.9 Å². The summed E-state index contributed by atoms with van der Waals surface area (Å²) in [4.78, 5) is 7.65. The minimum atomic E-state index is 0.207. The van der Waals surface area contributed by atoms with Gasteiger partial charge >= 0.3 is 0 Å². The molecule has 0 spiro atoms. The van der Waals surface area contributed by atoms with Crippen LogP contribution in [0.3, 0.4) is 0 Å². The van der Waals surface area contributed by atoms with Crippen LogP contribution in [0, 0.1) is 5.92 Å². The predicted octanol–water partition coefficient (Wildman–Crippen LogP) is 2.23. The third-order valence-corrected chi connectivity index (χ3v) is 5.44. The fourth-order valence-corrected chi connectivity index (χ4v) is 3.45. The molecule has 2 saturated heterocycles. The summed E-state index contributed by atoms with van der Waals surface area (Å²) in [5.74, 6) is 1.55. The molecule has 1 unspecified atom stereocenters. The van der Waals surface area contributed by atoms with Crippen molar-refractivity contribution in [3.05, 3.63) is 0 Å². The van der Waals surface area contributed by atoms with Gasteiger partial charge in [-0.05, 0) is 58.5 Å². The highest BCUT2D eigenvalue weighted by atomic mass is 16.5. The molecule has 0 bridgehead atoms. The van der Waals surface area contributed by atoms with Crippen molar-refractivity contribution in [2.75, 3.05) is 39.4 Å². The van der Waals surface area contributed by atoms with Crippen molar-refractivity contribution in [1.82, 2.24) is 15.5 Å². The van der Waals surface area contributed by atoms with Crippen molar-refractivity contribution < 1.29 is 4.74 Å². The van der Waals surface area contributed by atoms with Gasteiger partial charge in [0, 0.05) is 31.3 Å². The Hall–Kier alpha value is -0.810. The molecule has 1 atom stereocenters. The van der Waals surface area contributed by atoms with Gasteiger partial charge in [0.05, 0.1) is 6.54 Å². The average molecular weight is 325 g/mol. The van der Waals surface area contributed by atoms with E-state index in [2.05, 4.69) is 43.2 Å². The van der Waals surface area contributed by atoms with E-state index in [4.69, 9.17) is 9.73 Å². The fraction of sp³-hybridized carbons (Fsp3) is 0.944. The normalized spacial score (nSPS) is 24.0. The Morgan fingerprint density at radius 2 is 1.83 bits per heavy atom. The monoisotopic (exact) mass is 324 g/mol. The zero-order valence-corrected chi connectivity index (χ0v) is 15.5. The molecule has 2 fully saturated rings. The lowest BCUT2D eigenvalue weighted by Crippen LogP contribution is -2.54. The molecule has 0 saturated carbocycles. The van der Waals surface area contributed by atoms with Crippen molar-refractivity contribution in [1.29, 1.82) is 0 Å². The maximum atomic E-state index is 5.63. The van der Waals surface area contributed by atoms with Crippen LogP contribution in [0.4, 0.5) is 0 Å². The van der Waals surface area contributed by atoms with Crippen molar-refractivity contribution in [2.45, 2.75) is 65.0 Å². The first-order valence-electron chi connectivity index (χ1n) is 9.45. The van der Waals surface area contributed by atoms with E-state index in [1.54, 1.807) is 0 Å². The van der Waals surface area contributed by atoms with Gasteiger partial charge in [-0.15, -0.1) is 0 Å². The van der Waals surface area contributed by atoms with Gasteiger partial charge < -0.3 is 15.4 Å². The molecule has 2 rings (SSSR count). The molecule has 5 heteroatoms. The van der Waals surface area contributed by atoms with Gasteiger partial charge in [0.15, 0.2) is 5.96 Å². The van der Waals surface area contributed by atoms with E-state index in [-0.39, 0.29) is 5.54 Å². The van der Waals surface area contributed by atoms with Crippen LogP contribution in [0.15, 0.2) is 4.99 Å². The SMILES string of the molecule is CCNC(=NCC1(N2CCCC2)CCOCC1)NC(C)C(C)C. The van der Waals surface area contributed by atoms with Crippen molar-refractivity contribution in [2.24, 2.45) is 10.9 Å². The Labute approximate surface area is 142 Å². The van der Waals surface area contributed by atoms with E-state index in [1.165, 1.54) is 25.9 Å². The Morgan fingerprint density at radius 1 is 1.17 bits per heavy atom. The number of rotatable bonds is 6. The minimum absolute atomic E-state index is 0.207. The Morgan fingerprint density at radius 3 is 2.39 bits per heavy atom. The molecule has 2 heterocycles. The van der Waals surface area contributed by atoms with Gasteiger partial charge in [0.2, 0.25) is 0 Å². The van der Waals surface area contributed by atoms with E-state index in [9.17, 15) is 0 Å². The number of ether oxygens (including phenoxy) is 1. The molecule has 0 radical (unpaired) electrons. The summed E-state index contributed by atoms with van der Waals surface area (Å²) in [6.45, 7) is 14.8. The van der Waals surface area contributed by atoms with Crippen LogP contribution < -0.4 is 10.6 Å². The first kappa shape index (κ1) is 18.5. The van der Waals surface area contributed by atoms with Crippen LogP contribution >= 0.6 is 0 Å². The molecule has 0 aliphatic carbocycles. The molecule has 2 N–H and O–H groups in total. The van der Waals surface area contributed by atoms with E-state index in [0.29, 0.717) is 12.0 Å². The van der Waals surface area contributed by atoms with Crippen molar-refractivity contribution in [3.8, 4) is 0 Å². The Balaban J connectivity index is 2.06. The van der Waals surface area contributed by atoms with Crippen LogP contribution in [0.1, 0.15) is 53.4 Å². The summed E-state index contributed by atoms with van der Waals surface area (Å²) in [6, 6.07) is 0.422. The van der Waals surface area contributed by atoms with Gasteiger partial charge in [-0.25, -0.2) is 0 Å². The fourth-order valence-electron chi connectivity index (χ4n) is 3.45. The molecule has 0 aromatic heterocycles. The molecule has 2 aliphatic rings. The number of nitrogens with one attached hydrogen (secondary N) is 2. The summed E-state index contributed by atoms with van der Waals surface area (Å²) in [5, 5.41) is 6.96. The highest BCUT2D eigenvalue weighted by Crippen LogP contribution is 2.31. The highest BCUT2D eigenvalue weighted by molar-refractivity contribution is 5.80. The lowest BCUT2D eigenvalue weighted by atomic mass is 9.88. The number of aliphatic imine (C=N–C) groups is 1. The highest BCUT2D eigenvalue weighted by Gasteiger charge is 2.39. The van der Waals surface area contributed by atoms with Crippen molar-refractivity contribution >= 4 is 5.96 Å². The smallest absolute Gasteiger partial charge is 0.191 e. The van der Waals surface area contributed by atoms with Gasteiger partial charge in [-0.3, -0.25) is 9.89 Å². The first-order valence-corrected chi connectivity index (χ1v) is 9.45. The number of nitrogens with zero attached hydrogens (tertiary/aromatic N) is 2. The van der Waals surface area contributed by atoms with Crippen LogP contribution in [-0.4, -0.2) is 61.8 Å². The summed E-state index contributed by atoms with van der Waals surface area (Å²) >= 11 is 0. The first-order chi connectivity index (χ1) is 11.1. The number of hydrogen-bond donors (Lipinski definition) is 2. The van der Waals surface area contributed by atoms with Gasteiger partial charge in [0.25, 0.3) is 0 Å². The van der Waals surface area contributed by atoms with Crippen molar-refractivity contribution in [3.63, 3.8) is 0 Å². The molecule has 5 nitrogen and oxygen atoms in total. The van der Waals surface area contributed by atoms with E-state index in [0.717, 1.165) is 45.1 Å². The largest absolute Gasteiger partial charge is 0.381 e. The minimum Gasteiger partial charge on any atom is -0.381 e. The molecule has 0 aromatic rings. The van der Waals surface area contributed by atoms with Gasteiger partial charge in [-0.1, -0.05) is 13.8 Å². The number of guanidine groups is 1. The van der Waals surface area contributed by atoms with Crippen LogP contribution in [0.25, 0.3) is 0 Å². The maximum Gasteiger partial charge on any atom is 0.191 e. The standard InChI is InChI=1S/C18H36N4O/c1-5-19-17(21-16(4)15(2)3)20-14-18(8-12-23-13-9-18)22-10-6-7-11-22/h15-16H,5-14H2,1-4H3,(H2,19,20,21). The Bertz CT molecular complexity index is 371. The quantitative estimate of drug-likeness (QED) is 0.581. The molecule has 134 valence electrons. The second-order valence-electron chi connectivity index (χ2n) is 7.40. The summed E-state index contributed by atoms with van der Waals surface area (Å²) in [7, 11) is 0. The Kier molecular flexibility index (Phi) is 7.15. The van der Waals surface area contributed by atoms with E-state index in [1.807, 2.05) is 0 Å². The maximum absolute atomic E-state index is 5.63. The lowest BCUT2D eigenvalue weighted by molar-refractivity contribution is -0.0139. The summed E-state index contributed by atoms with van der Waals surface area (Å²) in [6.07, 6.45) is 4.87. The zero-order chi connectivity index (χ0) is 16.7. The third-order valence-electron chi connectivity index (χ3n) is 5.44. The van der Waals surface area contributed by atoms with E-state index >= 15 is 0 Å². The van der Waals surface area contributed by atoms with Crippen LogP contribution in [0.5, 0.6) is 0 Å². The summed E-state index contributed by atoms with van der Waals surface area (Å²) in [5.41, 5.74) is 0.207. The second-order valence-corrected chi connectivity index (χ2v) is 7.40. The molecular weight excluding hydrogens is 288 g/mol. The second kappa shape index (κ2) is 8.88. The third kappa shape index (κ3) is 5.08. The molecular formula is C18H36N4O. The molecule has 2 aliphatic heterocycles. The van der Waals surface area contributed by atoms with Gasteiger partial charge in [0.1, 0.15) is 0 Å². The predicted molar refractivity (Wildman–Crippen MR) is 97.0 cm³/mol. The molecule has 0 amide bonds. The van der Waals surface area contributed by atoms with Crippen LogP contribution in [0.2, 0.25) is 0 Å². The van der Waals surface area contributed by atoms with Gasteiger partial charge in [-0.2, -0.15) is 0 Å². The number of likely N-dealkylation sites (tertiary alicyclic amines) is 1. The van der Waals surface area contributed by atoms with E-state index < -0.39 is 0 Å². The zero-order valence-electron chi connectivity index (χ0n) is 15.5. The lowest BCUT2D eigenvalue weighted by Gasteiger charge is -2.43.